The molecular weight excluding hydrogens is 270 g/mol. The van der Waals surface area contributed by atoms with E-state index in [1.807, 2.05) is 24.3 Å². The van der Waals surface area contributed by atoms with Crippen LogP contribution in [0.5, 0.6) is 0 Å². The van der Waals surface area contributed by atoms with Crippen molar-refractivity contribution in [1.29, 1.82) is 0 Å². The molecule has 1 heterocycles. The highest BCUT2D eigenvalue weighted by atomic mass is 16.3. The van der Waals surface area contributed by atoms with Gasteiger partial charge < -0.3 is 21.5 Å². The highest BCUT2D eigenvalue weighted by molar-refractivity contribution is 5.90. The number of para-hydroxylation sites is 1. The predicted octanol–water partition coefficient (Wildman–Crippen LogP) is 0.710. The van der Waals surface area contributed by atoms with Crippen LogP contribution >= 0.6 is 0 Å². The number of hydrogen-bond donors (Lipinski definition) is 4. The van der Waals surface area contributed by atoms with E-state index in [-0.39, 0.29) is 6.54 Å². The first-order valence-electron chi connectivity index (χ1n) is 6.83. The number of nitrogens with one attached hydrogen (secondary N) is 2. The lowest BCUT2D eigenvalue weighted by atomic mass is 10.2. The molecule has 0 bridgehead atoms. The molecular formula is C14H19N5O2. The number of carbonyl (C=O) groups excluding carboxylic acids is 1. The predicted molar refractivity (Wildman–Crippen MR) is 82.0 cm³/mol. The van der Waals surface area contributed by atoms with Crippen LogP contribution in [0.3, 0.4) is 0 Å². The second-order valence-corrected chi connectivity index (χ2v) is 4.64. The number of benzene rings is 1. The van der Waals surface area contributed by atoms with Crippen LogP contribution in [0.15, 0.2) is 24.3 Å². The summed E-state index contributed by atoms with van der Waals surface area (Å²) in [7, 11) is 0. The minimum atomic E-state index is -1.26. The summed E-state index contributed by atoms with van der Waals surface area (Å²) in [6.07, 6.45) is -0.301. The number of aliphatic hydroxyl groups excluding tert-OH is 1. The third-order valence-electron chi connectivity index (χ3n) is 2.93. The molecule has 0 fully saturated rings. The molecule has 0 saturated heterocycles. The van der Waals surface area contributed by atoms with Crippen molar-refractivity contribution in [3.05, 3.63) is 24.3 Å². The molecule has 112 valence electrons. The Hall–Kier alpha value is -2.41. The Morgan fingerprint density at radius 3 is 2.81 bits per heavy atom. The van der Waals surface area contributed by atoms with E-state index in [2.05, 4.69) is 27.5 Å². The molecule has 0 aliphatic carbocycles. The molecule has 1 aromatic heterocycles. The molecule has 0 saturated carbocycles. The quantitative estimate of drug-likeness (QED) is 0.597. The Kier molecular flexibility index (Phi) is 4.89. The van der Waals surface area contributed by atoms with Gasteiger partial charge in [0.2, 0.25) is 11.9 Å². The molecule has 7 heteroatoms. The zero-order valence-electron chi connectivity index (χ0n) is 11.8. The number of anilines is 2. The van der Waals surface area contributed by atoms with E-state index in [1.54, 1.807) is 0 Å². The van der Waals surface area contributed by atoms with E-state index < -0.39 is 12.0 Å². The van der Waals surface area contributed by atoms with Crippen LogP contribution < -0.4 is 16.4 Å². The van der Waals surface area contributed by atoms with E-state index in [0.717, 1.165) is 23.9 Å². The average molecular weight is 289 g/mol. The minimum Gasteiger partial charge on any atom is -0.381 e. The summed E-state index contributed by atoms with van der Waals surface area (Å²) in [6, 6.07) is 7.52. The summed E-state index contributed by atoms with van der Waals surface area (Å²) in [5, 5.41) is 16.4. The van der Waals surface area contributed by atoms with Crippen LogP contribution in [-0.4, -0.2) is 40.2 Å². The van der Waals surface area contributed by atoms with Crippen LogP contribution in [0.1, 0.15) is 13.3 Å². The molecule has 2 aromatic rings. The van der Waals surface area contributed by atoms with Crippen molar-refractivity contribution in [3.8, 4) is 0 Å². The van der Waals surface area contributed by atoms with Crippen molar-refractivity contribution in [2.24, 2.45) is 5.73 Å². The fraction of sp³-hybridized carbons (Fsp3) is 0.357. The molecule has 1 unspecified atom stereocenters. The fourth-order valence-corrected chi connectivity index (χ4v) is 1.82. The van der Waals surface area contributed by atoms with Gasteiger partial charge in [0, 0.05) is 11.9 Å². The fourth-order valence-electron chi connectivity index (χ4n) is 1.82. The van der Waals surface area contributed by atoms with Crippen molar-refractivity contribution in [2.45, 2.75) is 19.4 Å². The number of hydrogen-bond acceptors (Lipinski definition) is 6. The van der Waals surface area contributed by atoms with Crippen molar-refractivity contribution in [2.75, 3.05) is 23.7 Å². The topological polar surface area (TPSA) is 113 Å². The van der Waals surface area contributed by atoms with Crippen LogP contribution in [0, 0.1) is 0 Å². The summed E-state index contributed by atoms with van der Waals surface area (Å²) >= 11 is 0. The lowest BCUT2D eigenvalue weighted by molar-refractivity contribution is -0.125. The highest BCUT2D eigenvalue weighted by Crippen LogP contribution is 2.21. The molecule has 1 aromatic carbocycles. The molecule has 2 rings (SSSR count). The van der Waals surface area contributed by atoms with Gasteiger partial charge in [0.1, 0.15) is 11.9 Å². The number of rotatable bonds is 7. The number of aromatic nitrogens is 2. The normalized spacial score (nSPS) is 12.1. The second kappa shape index (κ2) is 6.85. The Labute approximate surface area is 122 Å². The van der Waals surface area contributed by atoms with Gasteiger partial charge in [-0.1, -0.05) is 19.1 Å². The van der Waals surface area contributed by atoms with Crippen molar-refractivity contribution >= 4 is 28.6 Å². The smallest absolute Gasteiger partial charge is 0.248 e. The van der Waals surface area contributed by atoms with Gasteiger partial charge in [-0.15, -0.1) is 0 Å². The Bertz CT molecular complexity index is 632. The minimum absolute atomic E-state index is 0.00353. The molecule has 0 radical (unpaired) electrons. The molecule has 1 atom stereocenters. The summed E-state index contributed by atoms with van der Waals surface area (Å²) in [6.45, 7) is 2.82. The molecule has 1 amide bonds. The van der Waals surface area contributed by atoms with Gasteiger partial charge in [0.25, 0.3) is 0 Å². The molecule has 5 N–H and O–H groups in total. The van der Waals surface area contributed by atoms with Gasteiger partial charge in [-0.25, -0.2) is 4.98 Å². The summed E-state index contributed by atoms with van der Waals surface area (Å²) < 4.78 is 0. The largest absolute Gasteiger partial charge is 0.381 e. The van der Waals surface area contributed by atoms with Gasteiger partial charge in [0.15, 0.2) is 0 Å². The Balaban J connectivity index is 2.28. The van der Waals surface area contributed by atoms with E-state index in [0.29, 0.717) is 11.8 Å². The van der Waals surface area contributed by atoms with E-state index >= 15 is 0 Å². The van der Waals surface area contributed by atoms with E-state index in [9.17, 15) is 9.90 Å². The summed E-state index contributed by atoms with van der Waals surface area (Å²) in [4.78, 5) is 19.7. The van der Waals surface area contributed by atoms with Gasteiger partial charge in [-0.2, -0.15) is 4.98 Å². The monoisotopic (exact) mass is 289 g/mol. The number of aliphatic hydroxyl groups is 1. The lowest BCUT2D eigenvalue weighted by Crippen LogP contribution is -2.34. The molecule has 0 aliphatic heterocycles. The average Bonchev–Trinajstić information content (AvgIpc) is 2.50. The number of nitrogens with zero attached hydrogens (tertiary/aromatic N) is 2. The molecule has 0 spiro atoms. The van der Waals surface area contributed by atoms with Crippen molar-refractivity contribution in [1.82, 2.24) is 9.97 Å². The molecule has 0 aliphatic rings. The maximum absolute atomic E-state index is 10.9. The number of nitrogens with two attached hydrogens (primary N) is 1. The van der Waals surface area contributed by atoms with Gasteiger partial charge in [-0.3, -0.25) is 4.79 Å². The second-order valence-electron chi connectivity index (χ2n) is 4.64. The van der Waals surface area contributed by atoms with Gasteiger partial charge >= 0.3 is 0 Å². The third-order valence-corrected chi connectivity index (χ3v) is 2.93. The first-order valence-corrected chi connectivity index (χ1v) is 6.83. The first kappa shape index (κ1) is 15.0. The standard InChI is InChI=1S/C14H19N5O2/c1-2-7-16-14-18-10-6-4-3-5-9(10)13(19-14)17-8-11(20)12(15)21/h3-6,11,20H,2,7-8H2,1H3,(H2,15,21)(H2,16,17,18,19). The van der Waals surface area contributed by atoms with E-state index in [1.165, 1.54) is 0 Å². The van der Waals surface area contributed by atoms with Crippen LogP contribution in [0.25, 0.3) is 10.9 Å². The Morgan fingerprint density at radius 2 is 2.10 bits per heavy atom. The zero-order chi connectivity index (χ0) is 15.2. The number of amides is 1. The van der Waals surface area contributed by atoms with Crippen LogP contribution in [-0.2, 0) is 4.79 Å². The maximum atomic E-state index is 10.9. The SMILES string of the molecule is CCCNc1nc(NCC(O)C(N)=O)c2ccccc2n1. The van der Waals surface area contributed by atoms with Gasteiger partial charge in [0.05, 0.1) is 12.1 Å². The maximum Gasteiger partial charge on any atom is 0.248 e. The van der Waals surface area contributed by atoms with Gasteiger partial charge in [-0.05, 0) is 18.6 Å². The van der Waals surface area contributed by atoms with Crippen LogP contribution in [0.4, 0.5) is 11.8 Å². The lowest BCUT2D eigenvalue weighted by Gasteiger charge is -2.13. The Morgan fingerprint density at radius 1 is 1.33 bits per heavy atom. The summed E-state index contributed by atoms with van der Waals surface area (Å²) in [5.41, 5.74) is 5.81. The third kappa shape index (κ3) is 3.79. The number of primary amides is 1. The molecule has 21 heavy (non-hydrogen) atoms. The van der Waals surface area contributed by atoms with Crippen LogP contribution in [0.2, 0.25) is 0 Å². The van der Waals surface area contributed by atoms with Crippen molar-refractivity contribution in [3.63, 3.8) is 0 Å². The first-order chi connectivity index (χ1) is 10.1. The summed E-state index contributed by atoms with van der Waals surface area (Å²) in [5.74, 6) is 0.288. The highest BCUT2D eigenvalue weighted by Gasteiger charge is 2.12. The number of carbonyl (C=O) groups is 1. The zero-order valence-corrected chi connectivity index (χ0v) is 11.8. The number of fused-ring (bicyclic) bond motifs is 1. The molecule has 7 nitrogen and oxygen atoms in total. The van der Waals surface area contributed by atoms with Crippen molar-refractivity contribution < 1.29 is 9.90 Å². The van der Waals surface area contributed by atoms with E-state index in [4.69, 9.17) is 5.73 Å².